The summed E-state index contributed by atoms with van der Waals surface area (Å²) in [7, 11) is 0. The minimum Gasteiger partial charge on any atom is -0.478 e. The SMILES string of the molecule is CC(C)(C)CC(NC(=O)c1ccc(C(=O)O)cc1)C(F)(F)F. The minimum atomic E-state index is -4.55. The van der Waals surface area contributed by atoms with Crippen molar-refractivity contribution in [2.45, 2.75) is 39.4 Å². The standard InChI is InChI=1S/C15H18F3NO3/c1-14(2,3)8-11(15(16,17)18)19-12(20)9-4-6-10(7-5-9)13(21)22/h4-7,11H,8H2,1-3H3,(H,19,20)(H,21,22). The molecule has 0 saturated heterocycles. The van der Waals surface area contributed by atoms with Gasteiger partial charge in [-0.2, -0.15) is 13.2 Å². The molecule has 0 heterocycles. The molecule has 1 aromatic carbocycles. The number of alkyl halides is 3. The minimum absolute atomic E-state index is 0.0202. The fourth-order valence-corrected chi connectivity index (χ4v) is 1.87. The number of hydrogen-bond acceptors (Lipinski definition) is 2. The van der Waals surface area contributed by atoms with E-state index in [-0.39, 0.29) is 17.5 Å². The molecule has 1 atom stereocenters. The van der Waals surface area contributed by atoms with Crippen LogP contribution in [0.25, 0.3) is 0 Å². The number of rotatable bonds is 4. The topological polar surface area (TPSA) is 66.4 Å². The molecule has 0 aromatic heterocycles. The molecule has 2 N–H and O–H groups in total. The van der Waals surface area contributed by atoms with Crippen molar-refractivity contribution in [1.29, 1.82) is 0 Å². The number of hydrogen-bond donors (Lipinski definition) is 2. The zero-order valence-electron chi connectivity index (χ0n) is 12.5. The first-order chi connectivity index (χ1) is 9.90. The second-order valence-electron chi connectivity index (χ2n) is 6.21. The van der Waals surface area contributed by atoms with E-state index in [4.69, 9.17) is 5.11 Å². The van der Waals surface area contributed by atoms with Crippen LogP contribution in [0.5, 0.6) is 0 Å². The predicted octanol–water partition coefficient (Wildman–Crippen LogP) is 3.48. The first-order valence-electron chi connectivity index (χ1n) is 6.61. The van der Waals surface area contributed by atoms with Gasteiger partial charge in [-0.1, -0.05) is 20.8 Å². The van der Waals surface area contributed by atoms with Crippen LogP contribution in [0.2, 0.25) is 0 Å². The summed E-state index contributed by atoms with van der Waals surface area (Å²) in [5.74, 6) is -2.06. The highest BCUT2D eigenvalue weighted by molar-refractivity contribution is 5.96. The van der Waals surface area contributed by atoms with Crippen molar-refractivity contribution in [3.05, 3.63) is 35.4 Å². The van der Waals surface area contributed by atoms with E-state index >= 15 is 0 Å². The number of carbonyl (C=O) groups excluding carboxylic acids is 1. The van der Waals surface area contributed by atoms with Crippen molar-refractivity contribution in [3.8, 4) is 0 Å². The lowest BCUT2D eigenvalue weighted by atomic mass is 9.87. The van der Waals surface area contributed by atoms with Crippen LogP contribution in [0.1, 0.15) is 47.9 Å². The molecule has 0 fully saturated rings. The summed E-state index contributed by atoms with van der Waals surface area (Å²) in [4.78, 5) is 22.6. The van der Waals surface area contributed by atoms with Crippen molar-refractivity contribution in [3.63, 3.8) is 0 Å². The van der Waals surface area contributed by atoms with E-state index < -0.39 is 29.5 Å². The summed E-state index contributed by atoms with van der Waals surface area (Å²) >= 11 is 0. The van der Waals surface area contributed by atoms with Crippen LogP contribution >= 0.6 is 0 Å². The molecule has 0 bridgehead atoms. The van der Waals surface area contributed by atoms with E-state index in [1.54, 1.807) is 20.8 Å². The van der Waals surface area contributed by atoms with Gasteiger partial charge < -0.3 is 10.4 Å². The molecule has 1 aromatic rings. The van der Waals surface area contributed by atoms with Gasteiger partial charge in [0.1, 0.15) is 6.04 Å². The Kier molecular flexibility index (Phi) is 5.22. The number of benzene rings is 1. The molecule has 0 spiro atoms. The van der Waals surface area contributed by atoms with Crippen molar-refractivity contribution in [2.75, 3.05) is 0 Å². The Balaban J connectivity index is 2.89. The number of carbonyl (C=O) groups is 2. The van der Waals surface area contributed by atoms with Crippen molar-refractivity contribution in [1.82, 2.24) is 5.32 Å². The summed E-state index contributed by atoms with van der Waals surface area (Å²) in [6.07, 6.45) is -4.81. The van der Waals surface area contributed by atoms with Crippen LogP contribution in [0.3, 0.4) is 0 Å². The van der Waals surface area contributed by atoms with Crippen LogP contribution in [-0.2, 0) is 0 Å². The molecule has 22 heavy (non-hydrogen) atoms. The number of carboxylic acids is 1. The molecule has 0 saturated carbocycles. The highest BCUT2D eigenvalue weighted by Gasteiger charge is 2.42. The molecule has 0 aliphatic heterocycles. The van der Waals surface area contributed by atoms with Gasteiger partial charge in [0.15, 0.2) is 0 Å². The van der Waals surface area contributed by atoms with Crippen LogP contribution in [0.15, 0.2) is 24.3 Å². The maximum atomic E-state index is 13.0. The van der Waals surface area contributed by atoms with E-state index in [1.807, 2.05) is 5.32 Å². The summed E-state index contributed by atoms with van der Waals surface area (Å²) in [5, 5.41) is 10.7. The molecule has 1 rings (SSSR count). The first kappa shape index (κ1) is 18.0. The van der Waals surface area contributed by atoms with E-state index in [0.29, 0.717) is 0 Å². The lowest BCUT2D eigenvalue weighted by Crippen LogP contribution is -2.47. The summed E-state index contributed by atoms with van der Waals surface area (Å²) in [6.45, 7) is 4.96. The Morgan fingerprint density at radius 1 is 1.09 bits per heavy atom. The largest absolute Gasteiger partial charge is 0.478 e. The van der Waals surface area contributed by atoms with Gasteiger partial charge in [-0.15, -0.1) is 0 Å². The van der Waals surface area contributed by atoms with Crippen molar-refractivity contribution in [2.24, 2.45) is 5.41 Å². The van der Waals surface area contributed by atoms with E-state index in [9.17, 15) is 22.8 Å². The number of nitrogens with one attached hydrogen (secondary N) is 1. The quantitative estimate of drug-likeness (QED) is 0.893. The Hall–Kier alpha value is -2.05. The summed E-state index contributed by atoms with van der Waals surface area (Å²) in [5.41, 5.74) is -0.674. The smallest absolute Gasteiger partial charge is 0.408 e. The molecule has 0 radical (unpaired) electrons. The van der Waals surface area contributed by atoms with Gasteiger partial charge in [0.05, 0.1) is 5.56 Å². The van der Waals surface area contributed by atoms with Gasteiger partial charge in [0, 0.05) is 5.56 Å². The summed E-state index contributed by atoms with van der Waals surface area (Å²) < 4.78 is 39.0. The molecule has 1 unspecified atom stereocenters. The molecule has 1 amide bonds. The molecule has 0 aliphatic carbocycles. The molecule has 122 valence electrons. The number of halogens is 3. The van der Waals surface area contributed by atoms with Crippen LogP contribution in [0, 0.1) is 5.41 Å². The maximum absolute atomic E-state index is 13.0. The molecular weight excluding hydrogens is 299 g/mol. The second kappa shape index (κ2) is 6.37. The Bertz CT molecular complexity index is 545. The number of aromatic carboxylic acids is 1. The normalized spacial score (nSPS) is 13.5. The van der Waals surface area contributed by atoms with Crippen molar-refractivity contribution < 1.29 is 27.9 Å². The zero-order chi connectivity index (χ0) is 17.1. The third-order valence-corrected chi connectivity index (χ3v) is 2.91. The lowest BCUT2D eigenvalue weighted by Gasteiger charge is -2.28. The fourth-order valence-electron chi connectivity index (χ4n) is 1.87. The molecular formula is C15H18F3NO3. The maximum Gasteiger partial charge on any atom is 0.408 e. The second-order valence-corrected chi connectivity index (χ2v) is 6.21. The Labute approximate surface area is 126 Å². The number of carboxylic acid groups (broad SMARTS) is 1. The van der Waals surface area contributed by atoms with Crippen LogP contribution in [-0.4, -0.2) is 29.2 Å². The highest BCUT2D eigenvalue weighted by atomic mass is 19.4. The average molecular weight is 317 g/mol. The van der Waals surface area contributed by atoms with E-state index in [2.05, 4.69) is 0 Å². The lowest BCUT2D eigenvalue weighted by molar-refractivity contribution is -0.159. The number of amides is 1. The predicted molar refractivity (Wildman–Crippen MR) is 74.8 cm³/mol. The first-order valence-corrected chi connectivity index (χ1v) is 6.61. The molecule has 4 nitrogen and oxygen atoms in total. The monoisotopic (exact) mass is 317 g/mol. The third-order valence-electron chi connectivity index (χ3n) is 2.91. The van der Waals surface area contributed by atoms with Gasteiger partial charge in [-0.05, 0) is 36.1 Å². The third kappa shape index (κ3) is 5.38. The van der Waals surface area contributed by atoms with Crippen molar-refractivity contribution >= 4 is 11.9 Å². The van der Waals surface area contributed by atoms with Gasteiger partial charge >= 0.3 is 12.1 Å². The highest BCUT2D eigenvalue weighted by Crippen LogP contribution is 2.30. The molecule has 0 aliphatic rings. The van der Waals surface area contributed by atoms with E-state index in [1.165, 1.54) is 24.3 Å². The Morgan fingerprint density at radius 2 is 1.55 bits per heavy atom. The van der Waals surface area contributed by atoms with E-state index in [0.717, 1.165) is 0 Å². The van der Waals surface area contributed by atoms with Gasteiger partial charge in [0.25, 0.3) is 5.91 Å². The van der Waals surface area contributed by atoms with Crippen LogP contribution < -0.4 is 5.32 Å². The van der Waals surface area contributed by atoms with Gasteiger partial charge in [-0.25, -0.2) is 4.79 Å². The van der Waals surface area contributed by atoms with Gasteiger partial charge in [-0.3, -0.25) is 4.79 Å². The Morgan fingerprint density at radius 3 is 1.91 bits per heavy atom. The van der Waals surface area contributed by atoms with Crippen LogP contribution in [0.4, 0.5) is 13.2 Å². The fraction of sp³-hybridized carbons (Fsp3) is 0.467. The zero-order valence-corrected chi connectivity index (χ0v) is 12.5. The summed E-state index contributed by atoms with van der Waals surface area (Å²) in [6, 6.07) is 2.75. The van der Waals surface area contributed by atoms with Gasteiger partial charge in [0.2, 0.25) is 0 Å². The molecule has 7 heteroatoms. The average Bonchev–Trinajstić information content (AvgIpc) is 2.35.